The maximum Gasteiger partial charge on any atom is 0.241 e. The van der Waals surface area contributed by atoms with Gasteiger partial charge in [-0.1, -0.05) is 107 Å². The zero-order chi connectivity index (χ0) is 14.5. The van der Waals surface area contributed by atoms with E-state index < -0.39 is 0 Å². The van der Waals surface area contributed by atoms with Crippen molar-refractivity contribution < 1.29 is 0 Å². The minimum absolute atomic E-state index is 0.297. The van der Waals surface area contributed by atoms with Crippen LogP contribution in [0.5, 0.6) is 0 Å². The molecule has 0 unspecified atom stereocenters. The van der Waals surface area contributed by atoms with Gasteiger partial charge in [-0.15, -0.1) is 0 Å². The van der Waals surface area contributed by atoms with E-state index in [1.807, 2.05) is 0 Å². The van der Waals surface area contributed by atoms with Crippen molar-refractivity contribution in [1.82, 2.24) is 0 Å². The Morgan fingerprint density at radius 1 is 0.762 bits per heavy atom. The largest absolute Gasteiger partial charge is 0.241 e. The second kappa shape index (κ2) is 6.45. The fourth-order valence-electron chi connectivity index (χ4n) is 2.80. The van der Waals surface area contributed by atoms with E-state index in [2.05, 4.69) is 91.9 Å². The lowest BCUT2D eigenvalue weighted by molar-refractivity contribution is 1.22. The molecule has 0 spiro atoms. The van der Waals surface area contributed by atoms with Crippen molar-refractivity contribution in [1.29, 1.82) is 0 Å². The highest BCUT2D eigenvalue weighted by atomic mass is 14.0. The van der Waals surface area contributed by atoms with Crippen molar-refractivity contribution >= 4 is 17.6 Å². The summed E-state index contributed by atoms with van der Waals surface area (Å²) in [5, 5.41) is 0. The van der Waals surface area contributed by atoms with Crippen LogP contribution in [0, 0.1) is 0 Å². The Bertz CT molecular complexity index is 639. The number of hydrogen-bond donors (Lipinski definition) is 0. The van der Waals surface area contributed by atoms with Crippen LogP contribution in [-0.2, 0) is 0 Å². The number of rotatable bonds is 3. The minimum Gasteiger partial charge on any atom is -0.0810 e. The maximum atomic E-state index is 2.28. The van der Waals surface area contributed by atoms with E-state index >= 15 is 0 Å². The summed E-state index contributed by atoms with van der Waals surface area (Å²) < 4.78 is 0. The fraction of sp³-hybridized carbons (Fsp3) is 0.100. The first kappa shape index (κ1) is 13.7. The monoisotopic (exact) mass is 270 g/mol. The Morgan fingerprint density at radius 2 is 1.33 bits per heavy atom. The van der Waals surface area contributed by atoms with E-state index in [0.717, 1.165) is 6.42 Å². The van der Waals surface area contributed by atoms with Gasteiger partial charge in [0.2, 0.25) is 6.71 Å². The predicted molar refractivity (Wildman–Crippen MR) is 93.5 cm³/mol. The summed E-state index contributed by atoms with van der Waals surface area (Å²) in [5.74, 6) is 0. The SMILES string of the molecule is CC1=CC=C(B(c2ccccc2)c2ccccc2)C=CC1. The summed E-state index contributed by atoms with van der Waals surface area (Å²) in [4.78, 5) is 0. The Morgan fingerprint density at radius 3 is 1.90 bits per heavy atom. The van der Waals surface area contributed by atoms with E-state index in [1.165, 1.54) is 22.0 Å². The molecule has 2 aromatic carbocycles. The third-order valence-electron chi connectivity index (χ3n) is 3.91. The zero-order valence-electron chi connectivity index (χ0n) is 12.4. The lowest BCUT2D eigenvalue weighted by Gasteiger charge is -2.16. The molecule has 0 saturated carbocycles. The smallest absolute Gasteiger partial charge is 0.0810 e. The first-order valence-corrected chi connectivity index (χ1v) is 7.48. The molecule has 1 aliphatic rings. The van der Waals surface area contributed by atoms with Crippen LogP contribution in [0.2, 0.25) is 0 Å². The first-order valence-electron chi connectivity index (χ1n) is 7.48. The van der Waals surface area contributed by atoms with E-state index in [9.17, 15) is 0 Å². The summed E-state index contributed by atoms with van der Waals surface area (Å²) in [6, 6.07) is 21.5. The lowest BCUT2D eigenvalue weighted by Crippen LogP contribution is -2.43. The number of allylic oxidation sites excluding steroid dienone is 6. The van der Waals surface area contributed by atoms with Crippen molar-refractivity contribution in [3.05, 3.63) is 96.0 Å². The molecule has 0 fully saturated rings. The molecule has 0 saturated heterocycles. The van der Waals surface area contributed by atoms with Gasteiger partial charge in [-0.05, 0) is 13.3 Å². The Hall–Kier alpha value is -2.28. The van der Waals surface area contributed by atoms with Crippen LogP contribution in [0.15, 0.2) is 96.0 Å². The normalized spacial score (nSPS) is 14.1. The average Bonchev–Trinajstić information content (AvgIpc) is 2.75. The van der Waals surface area contributed by atoms with Gasteiger partial charge in [0.1, 0.15) is 0 Å². The standard InChI is InChI=1S/C20H19B/c1-17-9-8-14-20(16-15-17)21(18-10-4-2-5-11-18)19-12-6-3-7-13-19/h2-8,10-16H,9H2,1H3. The predicted octanol–water partition coefficient (Wildman–Crippen LogP) is 3.67. The van der Waals surface area contributed by atoms with E-state index in [1.54, 1.807) is 0 Å². The summed E-state index contributed by atoms with van der Waals surface area (Å²) in [6.07, 6.45) is 10.1. The molecule has 0 bridgehead atoms. The zero-order valence-corrected chi connectivity index (χ0v) is 12.4. The summed E-state index contributed by atoms with van der Waals surface area (Å²) in [6.45, 7) is 2.48. The second-order valence-electron chi connectivity index (χ2n) is 5.54. The molecule has 3 rings (SSSR count). The quantitative estimate of drug-likeness (QED) is 0.746. The molecule has 0 nitrogen and oxygen atoms in total. The van der Waals surface area contributed by atoms with E-state index in [-0.39, 0.29) is 0 Å². The molecule has 102 valence electrons. The van der Waals surface area contributed by atoms with Crippen molar-refractivity contribution in [2.75, 3.05) is 0 Å². The van der Waals surface area contributed by atoms with E-state index in [0.29, 0.717) is 6.71 Å². The maximum absolute atomic E-state index is 2.28. The molecule has 1 aliphatic carbocycles. The molecule has 2 aromatic rings. The molecular formula is C20H19B. The molecule has 0 amide bonds. The van der Waals surface area contributed by atoms with Gasteiger partial charge >= 0.3 is 0 Å². The molecule has 0 heterocycles. The molecule has 21 heavy (non-hydrogen) atoms. The van der Waals surface area contributed by atoms with Gasteiger partial charge in [-0.3, -0.25) is 0 Å². The molecule has 0 aliphatic heterocycles. The van der Waals surface area contributed by atoms with Crippen molar-refractivity contribution in [3.63, 3.8) is 0 Å². The lowest BCUT2D eigenvalue weighted by atomic mass is 9.36. The molecule has 1 heteroatoms. The van der Waals surface area contributed by atoms with Crippen LogP contribution in [0.4, 0.5) is 0 Å². The Kier molecular flexibility index (Phi) is 4.21. The van der Waals surface area contributed by atoms with E-state index in [4.69, 9.17) is 0 Å². The second-order valence-corrected chi connectivity index (χ2v) is 5.54. The average molecular weight is 270 g/mol. The summed E-state index contributed by atoms with van der Waals surface area (Å²) in [5.41, 5.74) is 5.44. The van der Waals surface area contributed by atoms with Crippen LogP contribution < -0.4 is 10.9 Å². The van der Waals surface area contributed by atoms with Gasteiger partial charge in [0, 0.05) is 0 Å². The first-order chi connectivity index (χ1) is 10.3. The Labute approximate surface area is 127 Å². The van der Waals surface area contributed by atoms with Gasteiger partial charge in [0.25, 0.3) is 0 Å². The third-order valence-corrected chi connectivity index (χ3v) is 3.91. The highest BCUT2D eigenvalue weighted by Crippen LogP contribution is 2.13. The van der Waals surface area contributed by atoms with Crippen LogP contribution in [0.25, 0.3) is 0 Å². The van der Waals surface area contributed by atoms with Crippen molar-refractivity contribution in [2.24, 2.45) is 0 Å². The summed E-state index contributed by atoms with van der Waals surface area (Å²) >= 11 is 0. The molecule has 0 radical (unpaired) electrons. The Balaban J connectivity index is 2.09. The molecule has 0 atom stereocenters. The highest BCUT2D eigenvalue weighted by Gasteiger charge is 2.21. The summed E-state index contributed by atoms with van der Waals surface area (Å²) in [7, 11) is 0. The number of benzene rings is 2. The van der Waals surface area contributed by atoms with Crippen molar-refractivity contribution in [2.45, 2.75) is 13.3 Å². The van der Waals surface area contributed by atoms with Crippen molar-refractivity contribution in [3.8, 4) is 0 Å². The molecule has 0 N–H and O–H groups in total. The highest BCUT2D eigenvalue weighted by molar-refractivity contribution is 6.91. The van der Waals surface area contributed by atoms with Gasteiger partial charge in [0.05, 0.1) is 0 Å². The van der Waals surface area contributed by atoms with Crippen LogP contribution in [0.1, 0.15) is 13.3 Å². The van der Waals surface area contributed by atoms with Crippen LogP contribution in [-0.4, -0.2) is 6.71 Å². The van der Waals surface area contributed by atoms with Gasteiger partial charge in [-0.25, -0.2) is 0 Å². The van der Waals surface area contributed by atoms with Gasteiger partial charge in [-0.2, -0.15) is 0 Å². The van der Waals surface area contributed by atoms with Gasteiger partial charge < -0.3 is 0 Å². The minimum atomic E-state index is 0.297. The molecule has 0 aromatic heterocycles. The molecular weight excluding hydrogens is 251 g/mol. The topological polar surface area (TPSA) is 0 Å². The third kappa shape index (κ3) is 3.25. The van der Waals surface area contributed by atoms with Crippen LogP contribution in [0.3, 0.4) is 0 Å². The van der Waals surface area contributed by atoms with Crippen LogP contribution >= 0.6 is 0 Å². The fourth-order valence-corrected chi connectivity index (χ4v) is 2.80. The van der Waals surface area contributed by atoms with Gasteiger partial charge in [0.15, 0.2) is 0 Å². The number of hydrogen-bond acceptors (Lipinski definition) is 0.